The van der Waals surface area contributed by atoms with E-state index < -0.39 is 22.8 Å². The average Bonchev–Trinajstić information content (AvgIpc) is 3.53. The number of rotatable bonds is 4. The quantitative estimate of drug-likeness (QED) is 0.457. The largest absolute Gasteiger partial charge is 0.427 e. The summed E-state index contributed by atoms with van der Waals surface area (Å²) in [6, 6.07) is 3.89. The third kappa shape index (κ3) is 4.44. The highest BCUT2D eigenvalue weighted by molar-refractivity contribution is 7.15. The number of carbonyl (C=O) groups is 1. The number of fused-ring (bicyclic) bond motifs is 1. The van der Waals surface area contributed by atoms with E-state index in [0.29, 0.717) is 40.9 Å². The first-order valence-electron chi connectivity index (χ1n) is 10.9. The number of nitrogens with two attached hydrogens (primary N) is 1. The number of hydrogen-bond donors (Lipinski definition) is 2. The summed E-state index contributed by atoms with van der Waals surface area (Å²) in [6.07, 6.45) is -2.05. The molecule has 1 saturated carbocycles. The molecule has 1 aromatic carbocycles. The van der Waals surface area contributed by atoms with Crippen LogP contribution in [0.2, 0.25) is 5.02 Å². The molecule has 2 aromatic heterocycles. The number of aryl methyl sites for hydroxylation is 1. The first-order valence-corrected chi connectivity index (χ1v) is 12.1. The van der Waals surface area contributed by atoms with Crippen molar-refractivity contribution in [3.63, 3.8) is 0 Å². The summed E-state index contributed by atoms with van der Waals surface area (Å²) in [6.45, 7) is 1.20. The van der Waals surface area contributed by atoms with E-state index in [-0.39, 0.29) is 34.2 Å². The van der Waals surface area contributed by atoms with Crippen LogP contribution in [0.4, 0.5) is 34.2 Å². The summed E-state index contributed by atoms with van der Waals surface area (Å²) >= 11 is 6.48. The van der Waals surface area contributed by atoms with Gasteiger partial charge in [0, 0.05) is 31.7 Å². The maximum absolute atomic E-state index is 13.5. The Labute approximate surface area is 206 Å². The molecule has 2 aliphatic rings. The minimum Gasteiger partial charge on any atom is -0.383 e. The number of anilines is 3. The summed E-state index contributed by atoms with van der Waals surface area (Å²) in [5, 5.41) is 7.49. The lowest BCUT2D eigenvalue weighted by Gasteiger charge is -2.18. The fourth-order valence-corrected chi connectivity index (χ4v) is 6.05. The Bertz CT molecular complexity index is 1280. The monoisotopic (exact) mass is 528 g/mol. The van der Waals surface area contributed by atoms with Gasteiger partial charge in [-0.15, -0.1) is 0 Å². The van der Waals surface area contributed by atoms with Gasteiger partial charge in [0.1, 0.15) is 22.1 Å². The Balaban J connectivity index is 1.31. The summed E-state index contributed by atoms with van der Waals surface area (Å²) in [5.74, 6) is -0.372. The molecule has 5 rings (SSSR count). The predicted molar refractivity (Wildman–Crippen MR) is 125 cm³/mol. The predicted octanol–water partition coefficient (Wildman–Crippen LogP) is 5.15. The van der Waals surface area contributed by atoms with Crippen LogP contribution in [-0.2, 0) is 13.2 Å². The summed E-state index contributed by atoms with van der Waals surface area (Å²) in [7, 11) is 1.66. The molecule has 1 aliphatic carbocycles. The van der Waals surface area contributed by atoms with Crippen LogP contribution in [0.1, 0.15) is 39.7 Å². The van der Waals surface area contributed by atoms with Crippen LogP contribution >= 0.6 is 22.9 Å². The van der Waals surface area contributed by atoms with E-state index in [1.54, 1.807) is 7.05 Å². The van der Waals surface area contributed by atoms with Crippen molar-refractivity contribution in [1.29, 1.82) is 0 Å². The van der Waals surface area contributed by atoms with E-state index in [4.69, 9.17) is 17.3 Å². The van der Waals surface area contributed by atoms with Gasteiger partial charge in [0.25, 0.3) is 5.91 Å². The smallest absolute Gasteiger partial charge is 0.383 e. The first kappa shape index (κ1) is 23.9. The van der Waals surface area contributed by atoms with Gasteiger partial charge < -0.3 is 16.0 Å². The zero-order valence-corrected chi connectivity index (χ0v) is 20.0. The van der Waals surface area contributed by atoms with Crippen molar-refractivity contribution in [3.05, 3.63) is 51.4 Å². The number of hydrogen-bond acceptors (Lipinski definition) is 6. The molecule has 3 heterocycles. The Morgan fingerprint density at radius 3 is 2.54 bits per heavy atom. The highest BCUT2D eigenvalue weighted by atomic mass is 35.5. The Kier molecular flexibility index (Phi) is 5.91. The van der Waals surface area contributed by atoms with Crippen molar-refractivity contribution >= 4 is 45.5 Å². The zero-order valence-electron chi connectivity index (χ0n) is 18.4. The Morgan fingerprint density at radius 2 is 1.94 bits per heavy atom. The van der Waals surface area contributed by atoms with Gasteiger partial charge >= 0.3 is 6.18 Å². The highest BCUT2D eigenvalue weighted by Gasteiger charge is 2.45. The van der Waals surface area contributed by atoms with Crippen molar-refractivity contribution in [2.24, 2.45) is 18.9 Å². The summed E-state index contributed by atoms with van der Waals surface area (Å²) in [4.78, 5) is 18.3. The molecule has 2 unspecified atom stereocenters. The lowest BCUT2D eigenvalue weighted by Crippen LogP contribution is -2.21. The van der Waals surface area contributed by atoms with Gasteiger partial charge in [0.05, 0.1) is 16.9 Å². The van der Waals surface area contributed by atoms with Gasteiger partial charge in [-0.2, -0.15) is 18.3 Å². The van der Waals surface area contributed by atoms with Gasteiger partial charge in [-0.05, 0) is 42.9 Å². The maximum atomic E-state index is 13.5. The van der Waals surface area contributed by atoms with Gasteiger partial charge in [-0.25, -0.2) is 9.37 Å². The molecule has 2 atom stereocenters. The third-order valence-corrected chi connectivity index (χ3v) is 8.10. The fraction of sp³-hybridized carbons (Fsp3) is 0.409. The molecule has 2 fully saturated rings. The Hall–Kier alpha value is -2.86. The lowest BCUT2D eigenvalue weighted by atomic mass is 9.97. The van der Waals surface area contributed by atoms with E-state index in [9.17, 15) is 22.4 Å². The van der Waals surface area contributed by atoms with Crippen LogP contribution in [0.15, 0.2) is 24.4 Å². The lowest BCUT2D eigenvalue weighted by molar-refractivity contribution is -0.134. The molecule has 3 aromatic rings. The first-order chi connectivity index (χ1) is 16.5. The minimum absolute atomic E-state index is 0.0183. The van der Waals surface area contributed by atoms with Crippen molar-refractivity contribution < 1.29 is 22.4 Å². The molecule has 7 nitrogen and oxygen atoms in total. The van der Waals surface area contributed by atoms with Crippen LogP contribution in [0.5, 0.6) is 0 Å². The van der Waals surface area contributed by atoms with Crippen LogP contribution in [0, 0.1) is 17.7 Å². The molecule has 3 N–H and O–H groups in total. The fourth-order valence-electron chi connectivity index (χ4n) is 5.07. The second-order valence-electron chi connectivity index (χ2n) is 8.95. The molecule has 1 saturated heterocycles. The van der Waals surface area contributed by atoms with Crippen LogP contribution in [0.25, 0.3) is 0 Å². The maximum Gasteiger partial charge on any atom is 0.427 e. The molecule has 0 radical (unpaired) electrons. The second kappa shape index (κ2) is 8.66. The van der Waals surface area contributed by atoms with E-state index in [0.717, 1.165) is 25.1 Å². The average molecular weight is 529 g/mol. The van der Waals surface area contributed by atoms with Crippen molar-refractivity contribution in [1.82, 2.24) is 14.8 Å². The van der Waals surface area contributed by atoms with Gasteiger partial charge in [-0.3, -0.25) is 9.48 Å². The van der Waals surface area contributed by atoms with Crippen LogP contribution < -0.4 is 16.0 Å². The number of thiazole rings is 1. The zero-order chi connectivity index (χ0) is 25.1. The SMILES string of the molecule is Cn1nc(C2CC3CN(c4ncc(C(F)(F)F)s4)CC3C2)c(C(=O)Nc2ccc(F)c(Cl)c2)c1N. The molecule has 186 valence electrons. The minimum atomic E-state index is -4.40. The normalized spacial score (nSPS) is 22.0. The molecule has 1 aliphatic heterocycles. The molecular formula is C22H21ClF4N6OS. The molecule has 13 heteroatoms. The second-order valence-corrected chi connectivity index (χ2v) is 10.4. The number of alkyl halides is 3. The van der Waals surface area contributed by atoms with E-state index in [1.165, 1.54) is 16.8 Å². The van der Waals surface area contributed by atoms with E-state index in [1.807, 2.05) is 4.90 Å². The standard InChI is InChI=1S/C22H21ClF4N6OS/c1-32-19(28)17(20(34)30-13-2-3-15(24)14(23)6-13)18(31-32)10-4-11-8-33(9-12(11)5-10)21-29-7-16(35-21)22(25,26)27/h2-3,6-7,10-12H,4-5,8-9,28H2,1H3,(H,30,34). The molecule has 35 heavy (non-hydrogen) atoms. The molecule has 1 amide bonds. The number of amides is 1. The van der Waals surface area contributed by atoms with Gasteiger partial charge in [0.2, 0.25) is 0 Å². The van der Waals surface area contributed by atoms with Crippen LogP contribution in [-0.4, -0.2) is 33.8 Å². The summed E-state index contributed by atoms with van der Waals surface area (Å²) in [5.41, 5.74) is 7.36. The topological polar surface area (TPSA) is 89.1 Å². The van der Waals surface area contributed by atoms with Crippen molar-refractivity contribution in [2.45, 2.75) is 24.9 Å². The third-order valence-electron chi connectivity index (χ3n) is 6.70. The van der Waals surface area contributed by atoms with E-state index >= 15 is 0 Å². The number of nitrogen functional groups attached to an aromatic ring is 1. The van der Waals surface area contributed by atoms with Crippen molar-refractivity contribution in [3.8, 4) is 0 Å². The number of halogens is 5. The van der Waals surface area contributed by atoms with Crippen LogP contribution in [0.3, 0.4) is 0 Å². The number of benzene rings is 1. The number of nitrogens with zero attached hydrogens (tertiary/aromatic N) is 4. The molecule has 0 spiro atoms. The van der Waals surface area contributed by atoms with Gasteiger partial charge in [0.15, 0.2) is 5.13 Å². The van der Waals surface area contributed by atoms with Crippen molar-refractivity contribution in [2.75, 3.05) is 29.0 Å². The number of aromatic nitrogens is 3. The highest BCUT2D eigenvalue weighted by Crippen LogP contribution is 2.49. The summed E-state index contributed by atoms with van der Waals surface area (Å²) < 4.78 is 53.8. The number of carbonyl (C=O) groups excluding carboxylic acids is 1. The van der Waals surface area contributed by atoms with E-state index in [2.05, 4.69) is 15.4 Å². The molecular weight excluding hydrogens is 508 g/mol. The molecule has 0 bridgehead atoms. The Morgan fingerprint density at radius 1 is 1.26 bits per heavy atom. The van der Waals surface area contributed by atoms with Gasteiger partial charge in [-0.1, -0.05) is 22.9 Å². The number of nitrogens with one attached hydrogen (secondary N) is 1.